The van der Waals surface area contributed by atoms with Crippen molar-refractivity contribution in [3.63, 3.8) is 0 Å². The Morgan fingerprint density at radius 3 is 2.52 bits per heavy atom. The highest BCUT2D eigenvalue weighted by molar-refractivity contribution is 9.10. The van der Waals surface area contributed by atoms with E-state index >= 15 is 0 Å². The van der Waals surface area contributed by atoms with E-state index in [1.807, 2.05) is 0 Å². The molecule has 0 bridgehead atoms. The molecular weight excluding hydrogens is 361 g/mol. The standard InChI is InChI=1S/C14H13BrFNO3S/c1-9-7-11(4-5-12(9)16)17-21(18,19)14-8-10(15)3-6-13(14)20-2/h3-8,17H,1-2H3. The van der Waals surface area contributed by atoms with Crippen LogP contribution in [0.25, 0.3) is 0 Å². The summed E-state index contributed by atoms with van der Waals surface area (Å²) in [6.45, 7) is 1.56. The molecule has 0 atom stereocenters. The van der Waals surface area contributed by atoms with Crippen molar-refractivity contribution < 1.29 is 17.5 Å². The van der Waals surface area contributed by atoms with Crippen molar-refractivity contribution in [2.75, 3.05) is 11.8 Å². The summed E-state index contributed by atoms with van der Waals surface area (Å²) in [7, 11) is -2.44. The van der Waals surface area contributed by atoms with Gasteiger partial charge in [-0.05, 0) is 48.9 Å². The second kappa shape index (κ2) is 6.03. The molecule has 0 aliphatic heterocycles. The first-order chi connectivity index (χ1) is 9.83. The monoisotopic (exact) mass is 373 g/mol. The number of hydrogen-bond acceptors (Lipinski definition) is 3. The van der Waals surface area contributed by atoms with Crippen LogP contribution in [0.1, 0.15) is 5.56 Å². The molecule has 0 spiro atoms. The molecule has 2 aromatic rings. The number of anilines is 1. The fraction of sp³-hybridized carbons (Fsp3) is 0.143. The molecule has 0 radical (unpaired) electrons. The van der Waals surface area contributed by atoms with Crippen LogP contribution in [-0.2, 0) is 10.0 Å². The Balaban J connectivity index is 2.42. The molecule has 112 valence electrons. The summed E-state index contributed by atoms with van der Waals surface area (Å²) < 4.78 is 46.2. The molecule has 2 rings (SSSR count). The molecular formula is C14H13BrFNO3S. The van der Waals surface area contributed by atoms with Gasteiger partial charge in [0.2, 0.25) is 0 Å². The van der Waals surface area contributed by atoms with Crippen molar-refractivity contribution in [1.82, 2.24) is 0 Å². The van der Waals surface area contributed by atoms with Crippen LogP contribution in [0.3, 0.4) is 0 Å². The average molecular weight is 374 g/mol. The van der Waals surface area contributed by atoms with Crippen molar-refractivity contribution in [2.45, 2.75) is 11.8 Å². The van der Waals surface area contributed by atoms with Gasteiger partial charge in [0, 0.05) is 10.2 Å². The number of aryl methyl sites for hydroxylation is 1. The number of benzene rings is 2. The lowest BCUT2D eigenvalue weighted by atomic mass is 10.2. The van der Waals surface area contributed by atoms with Gasteiger partial charge in [0.15, 0.2) is 0 Å². The highest BCUT2D eigenvalue weighted by Crippen LogP contribution is 2.29. The third kappa shape index (κ3) is 3.54. The van der Waals surface area contributed by atoms with Gasteiger partial charge in [0.25, 0.3) is 10.0 Å². The van der Waals surface area contributed by atoms with Crippen LogP contribution in [0.2, 0.25) is 0 Å². The second-order valence-corrected chi connectivity index (χ2v) is 6.93. The first-order valence-corrected chi connectivity index (χ1v) is 8.23. The zero-order chi connectivity index (χ0) is 15.6. The predicted molar refractivity (Wildman–Crippen MR) is 82.6 cm³/mol. The predicted octanol–water partition coefficient (Wildman–Crippen LogP) is 3.71. The Hall–Kier alpha value is -1.60. The third-order valence-electron chi connectivity index (χ3n) is 2.83. The highest BCUT2D eigenvalue weighted by atomic mass is 79.9. The van der Waals surface area contributed by atoms with Crippen molar-refractivity contribution in [3.05, 3.63) is 52.3 Å². The SMILES string of the molecule is COc1ccc(Br)cc1S(=O)(=O)Nc1ccc(F)c(C)c1. The second-order valence-electron chi connectivity index (χ2n) is 4.36. The summed E-state index contributed by atoms with van der Waals surface area (Å²) in [5, 5.41) is 0. The summed E-state index contributed by atoms with van der Waals surface area (Å²) in [5.41, 5.74) is 0.646. The lowest BCUT2D eigenvalue weighted by Crippen LogP contribution is -2.14. The molecule has 0 aliphatic rings. The Morgan fingerprint density at radius 2 is 1.90 bits per heavy atom. The van der Waals surface area contributed by atoms with Gasteiger partial charge >= 0.3 is 0 Å². The fourth-order valence-electron chi connectivity index (χ4n) is 1.78. The van der Waals surface area contributed by atoms with E-state index in [-0.39, 0.29) is 16.3 Å². The van der Waals surface area contributed by atoms with Crippen molar-refractivity contribution in [1.29, 1.82) is 0 Å². The van der Waals surface area contributed by atoms with Crippen molar-refractivity contribution >= 4 is 31.6 Å². The molecule has 0 fully saturated rings. The van der Waals surface area contributed by atoms with Gasteiger partial charge in [-0.25, -0.2) is 12.8 Å². The van der Waals surface area contributed by atoms with E-state index in [2.05, 4.69) is 20.7 Å². The third-order valence-corrected chi connectivity index (χ3v) is 4.72. The molecule has 1 N–H and O–H groups in total. The smallest absolute Gasteiger partial charge is 0.265 e. The lowest BCUT2D eigenvalue weighted by molar-refractivity contribution is 0.403. The summed E-state index contributed by atoms with van der Waals surface area (Å²) in [6.07, 6.45) is 0. The van der Waals surface area contributed by atoms with Crippen molar-refractivity contribution in [3.8, 4) is 5.75 Å². The summed E-state index contributed by atoms with van der Waals surface area (Å²) >= 11 is 3.23. The van der Waals surface area contributed by atoms with E-state index in [0.717, 1.165) is 0 Å². The minimum absolute atomic E-state index is 0.00125. The molecule has 0 saturated heterocycles. The van der Waals surface area contributed by atoms with Crippen LogP contribution in [0.15, 0.2) is 45.8 Å². The lowest BCUT2D eigenvalue weighted by Gasteiger charge is -2.12. The van der Waals surface area contributed by atoms with Crippen LogP contribution >= 0.6 is 15.9 Å². The van der Waals surface area contributed by atoms with Gasteiger partial charge in [-0.2, -0.15) is 0 Å². The fourth-order valence-corrected chi connectivity index (χ4v) is 3.54. The zero-order valence-corrected chi connectivity index (χ0v) is 13.8. The van der Waals surface area contributed by atoms with Crippen LogP contribution < -0.4 is 9.46 Å². The number of ether oxygens (including phenoxy) is 1. The van der Waals surface area contributed by atoms with Crippen LogP contribution in [0, 0.1) is 12.7 Å². The van der Waals surface area contributed by atoms with Gasteiger partial charge < -0.3 is 4.74 Å². The van der Waals surface area contributed by atoms with Crippen molar-refractivity contribution in [2.24, 2.45) is 0 Å². The molecule has 21 heavy (non-hydrogen) atoms. The Morgan fingerprint density at radius 1 is 1.19 bits per heavy atom. The maximum atomic E-state index is 13.2. The van der Waals surface area contributed by atoms with Gasteiger partial charge in [-0.15, -0.1) is 0 Å². The molecule has 0 amide bonds. The first kappa shape index (κ1) is 15.8. The molecule has 0 aromatic heterocycles. The maximum Gasteiger partial charge on any atom is 0.265 e. The number of nitrogens with one attached hydrogen (secondary N) is 1. The zero-order valence-electron chi connectivity index (χ0n) is 11.4. The summed E-state index contributed by atoms with van der Waals surface area (Å²) in [6, 6.07) is 8.68. The molecule has 2 aromatic carbocycles. The number of sulfonamides is 1. The Kier molecular flexibility index (Phi) is 4.53. The first-order valence-electron chi connectivity index (χ1n) is 5.96. The Bertz CT molecular complexity index is 778. The highest BCUT2D eigenvalue weighted by Gasteiger charge is 2.20. The van der Waals surface area contributed by atoms with E-state index in [0.29, 0.717) is 10.0 Å². The number of halogens is 2. The van der Waals surface area contributed by atoms with Gasteiger partial charge in [-0.1, -0.05) is 15.9 Å². The quantitative estimate of drug-likeness (QED) is 0.888. The van der Waals surface area contributed by atoms with Gasteiger partial charge in [0.1, 0.15) is 16.5 Å². The van der Waals surface area contributed by atoms with E-state index in [4.69, 9.17) is 4.74 Å². The minimum Gasteiger partial charge on any atom is -0.495 e. The molecule has 0 unspecified atom stereocenters. The van der Waals surface area contributed by atoms with Crippen LogP contribution in [0.4, 0.5) is 10.1 Å². The largest absolute Gasteiger partial charge is 0.495 e. The topological polar surface area (TPSA) is 55.4 Å². The van der Waals surface area contributed by atoms with E-state index < -0.39 is 15.8 Å². The molecule has 7 heteroatoms. The number of hydrogen-bond donors (Lipinski definition) is 1. The molecule has 0 saturated carbocycles. The molecule has 0 heterocycles. The van der Waals surface area contributed by atoms with E-state index in [1.54, 1.807) is 19.1 Å². The molecule has 4 nitrogen and oxygen atoms in total. The normalized spacial score (nSPS) is 11.2. The van der Waals surface area contributed by atoms with Gasteiger partial charge in [0.05, 0.1) is 7.11 Å². The van der Waals surface area contributed by atoms with E-state index in [9.17, 15) is 12.8 Å². The van der Waals surface area contributed by atoms with Crippen LogP contribution in [-0.4, -0.2) is 15.5 Å². The minimum atomic E-state index is -3.84. The number of rotatable bonds is 4. The van der Waals surface area contributed by atoms with Gasteiger partial charge in [-0.3, -0.25) is 4.72 Å². The van der Waals surface area contributed by atoms with E-state index in [1.165, 1.54) is 31.4 Å². The average Bonchev–Trinajstić information content (AvgIpc) is 2.42. The maximum absolute atomic E-state index is 13.2. The summed E-state index contributed by atoms with van der Waals surface area (Å²) in [5.74, 6) is -0.164. The summed E-state index contributed by atoms with van der Waals surface area (Å²) in [4.78, 5) is 0.00125. The van der Waals surface area contributed by atoms with Crippen LogP contribution in [0.5, 0.6) is 5.75 Å². The number of methoxy groups -OCH3 is 1. The molecule has 0 aliphatic carbocycles. The Labute approximate surface area is 131 Å².